The van der Waals surface area contributed by atoms with Crippen LogP contribution >= 0.6 is 11.6 Å². The summed E-state index contributed by atoms with van der Waals surface area (Å²) >= 11 is 5.97. The van der Waals surface area contributed by atoms with Crippen LogP contribution < -0.4 is 11.1 Å². The van der Waals surface area contributed by atoms with Crippen molar-refractivity contribution >= 4 is 23.3 Å². The van der Waals surface area contributed by atoms with E-state index in [1.54, 1.807) is 12.1 Å². The van der Waals surface area contributed by atoms with Gasteiger partial charge in [0.25, 0.3) is 5.91 Å². The van der Waals surface area contributed by atoms with Gasteiger partial charge in [-0.05, 0) is 24.1 Å². The maximum Gasteiger partial charge on any atom is 0.271 e. The summed E-state index contributed by atoms with van der Waals surface area (Å²) < 4.78 is 0. The second kappa shape index (κ2) is 5.13. The summed E-state index contributed by atoms with van der Waals surface area (Å²) in [5, 5.41) is 3.26. The number of nitrogens with one attached hydrogen (secondary N) is 1. The van der Waals surface area contributed by atoms with Crippen molar-refractivity contribution in [2.24, 2.45) is 0 Å². The molecule has 1 aromatic carbocycles. The molecule has 3 rings (SSSR count). The fourth-order valence-electron chi connectivity index (χ4n) is 2.28. The van der Waals surface area contributed by atoms with Crippen molar-refractivity contribution in [3.63, 3.8) is 0 Å². The predicted octanol–water partition coefficient (Wildman–Crippen LogP) is 2.60. The number of benzene rings is 1. The predicted molar refractivity (Wildman–Crippen MR) is 78.7 cm³/mol. The first-order valence-corrected chi connectivity index (χ1v) is 6.81. The van der Waals surface area contributed by atoms with Crippen LogP contribution in [-0.4, -0.2) is 16.9 Å². The van der Waals surface area contributed by atoms with Crippen LogP contribution in [0.2, 0.25) is 5.02 Å². The number of hydrogen-bond acceptors (Lipinski definition) is 3. The summed E-state index contributed by atoms with van der Waals surface area (Å²) in [4.78, 5) is 16.1. The van der Waals surface area contributed by atoms with Gasteiger partial charge in [-0.15, -0.1) is 0 Å². The van der Waals surface area contributed by atoms with E-state index in [1.807, 2.05) is 18.2 Å². The SMILES string of the molecule is Nc1ccc(Cl)c(C(=O)NC2CC2c2ccccc2)n1. The Morgan fingerprint density at radius 1 is 1.25 bits per heavy atom. The number of rotatable bonds is 3. The number of anilines is 1. The highest BCUT2D eigenvalue weighted by Gasteiger charge is 2.39. The standard InChI is InChI=1S/C15H14ClN3O/c16-11-6-7-13(17)19-14(11)15(20)18-12-8-10(12)9-4-2-1-3-5-9/h1-7,10,12H,8H2,(H2,17,19)(H,18,20). The molecule has 1 amide bonds. The molecule has 1 aliphatic carbocycles. The van der Waals surface area contributed by atoms with E-state index < -0.39 is 0 Å². The van der Waals surface area contributed by atoms with E-state index in [0.717, 1.165) is 6.42 Å². The van der Waals surface area contributed by atoms with Crippen LogP contribution in [0, 0.1) is 0 Å². The van der Waals surface area contributed by atoms with Gasteiger partial charge in [0.2, 0.25) is 0 Å². The molecule has 1 aliphatic rings. The number of hydrogen-bond donors (Lipinski definition) is 2. The van der Waals surface area contributed by atoms with Crippen LogP contribution in [0.3, 0.4) is 0 Å². The normalized spacial score (nSPS) is 20.4. The molecule has 20 heavy (non-hydrogen) atoms. The van der Waals surface area contributed by atoms with Crippen molar-refractivity contribution in [3.05, 3.63) is 58.7 Å². The first kappa shape index (κ1) is 12.9. The maximum atomic E-state index is 12.1. The van der Waals surface area contributed by atoms with Crippen LogP contribution in [0.1, 0.15) is 28.4 Å². The lowest BCUT2D eigenvalue weighted by atomic mass is 10.1. The summed E-state index contributed by atoms with van der Waals surface area (Å²) in [6, 6.07) is 13.4. The first-order valence-electron chi connectivity index (χ1n) is 6.43. The van der Waals surface area contributed by atoms with E-state index in [2.05, 4.69) is 22.4 Å². The van der Waals surface area contributed by atoms with Gasteiger partial charge in [-0.2, -0.15) is 0 Å². The molecule has 0 aliphatic heterocycles. The van der Waals surface area contributed by atoms with Crippen LogP contribution in [0.15, 0.2) is 42.5 Å². The fourth-order valence-corrected chi connectivity index (χ4v) is 2.47. The molecule has 5 heteroatoms. The number of nitrogen functional groups attached to an aromatic ring is 1. The molecule has 1 fully saturated rings. The highest BCUT2D eigenvalue weighted by molar-refractivity contribution is 6.33. The number of pyridine rings is 1. The Labute approximate surface area is 122 Å². The molecule has 3 N–H and O–H groups in total. The number of amides is 1. The molecule has 1 heterocycles. The Kier molecular flexibility index (Phi) is 3.32. The summed E-state index contributed by atoms with van der Waals surface area (Å²) in [5.74, 6) is 0.390. The summed E-state index contributed by atoms with van der Waals surface area (Å²) in [6.45, 7) is 0. The first-order chi connectivity index (χ1) is 9.65. The van der Waals surface area contributed by atoms with Crippen LogP contribution in [-0.2, 0) is 0 Å². The lowest BCUT2D eigenvalue weighted by Gasteiger charge is -2.06. The highest BCUT2D eigenvalue weighted by Crippen LogP contribution is 2.40. The second-order valence-corrected chi connectivity index (χ2v) is 5.31. The zero-order valence-electron chi connectivity index (χ0n) is 10.7. The van der Waals surface area contributed by atoms with Gasteiger partial charge < -0.3 is 11.1 Å². The topological polar surface area (TPSA) is 68.0 Å². The molecule has 1 saturated carbocycles. The van der Waals surface area contributed by atoms with Crippen molar-refractivity contribution < 1.29 is 4.79 Å². The van der Waals surface area contributed by atoms with E-state index in [9.17, 15) is 4.79 Å². The molecule has 2 atom stereocenters. The zero-order valence-corrected chi connectivity index (χ0v) is 11.5. The third kappa shape index (κ3) is 2.60. The maximum absolute atomic E-state index is 12.1. The van der Waals surface area contributed by atoms with Gasteiger partial charge in [0.1, 0.15) is 11.5 Å². The van der Waals surface area contributed by atoms with Gasteiger partial charge in [-0.3, -0.25) is 4.79 Å². The smallest absolute Gasteiger partial charge is 0.271 e. The molecular formula is C15H14ClN3O. The Balaban J connectivity index is 1.68. The van der Waals surface area contributed by atoms with Crippen molar-refractivity contribution in [2.45, 2.75) is 18.4 Å². The Morgan fingerprint density at radius 3 is 2.75 bits per heavy atom. The van der Waals surface area contributed by atoms with E-state index in [4.69, 9.17) is 17.3 Å². The largest absolute Gasteiger partial charge is 0.384 e. The van der Waals surface area contributed by atoms with Gasteiger partial charge in [-0.25, -0.2) is 4.98 Å². The van der Waals surface area contributed by atoms with Gasteiger partial charge >= 0.3 is 0 Å². The molecule has 0 radical (unpaired) electrons. The van der Waals surface area contributed by atoms with E-state index >= 15 is 0 Å². The second-order valence-electron chi connectivity index (χ2n) is 4.90. The number of nitrogens with two attached hydrogens (primary N) is 1. The van der Waals surface area contributed by atoms with Gasteiger partial charge in [0.05, 0.1) is 5.02 Å². The molecule has 102 valence electrons. The van der Waals surface area contributed by atoms with E-state index in [1.165, 1.54) is 5.56 Å². The number of halogens is 1. The van der Waals surface area contributed by atoms with Gasteiger partial charge in [0, 0.05) is 12.0 Å². The highest BCUT2D eigenvalue weighted by atomic mass is 35.5. The molecule has 0 spiro atoms. The third-order valence-corrected chi connectivity index (χ3v) is 3.72. The van der Waals surface area contributed by atoms with E-state index in [0.29, 0.717) is 10.9 Å². The molecule has 4 nitrogen and oxygen atoms in total. The zero-order chi connectivity index (χ0) is 14.1. The molecule has 2 unspecified atom stereocenters. The number of nitrogens with zero attached hydrogens (tertiary/aromatic N) is 1. The Hall–Kier alpha value is -2.07. The minimum Gasteiger partial charge on any atom is -0.384 e. The summed E-state index contributed by atoms with van der Waals surface area (Å²) in [6.07, 6.45) is 0.940. The molecule has 1 aromatic heterocycles. The van der Waals surface area contributed by atoms with E-state index in [-0.39, 0.29) is 23.5 Å². The molecule has 2 aromatic rings. The van der Waals surface area contributed by atoms with Crippen molar-refractivity contribution in [1.82, 2.24) is 10.3 Å². The van der Waals surface area contributed by atoms with Gasteiger partial charge in [0.15, 0.2) is 0 Å². The minimum absolute atomic E-state index is 0.143. The van der Waals surface area contributed by atoms with Crippen LogP contribution in [0.25, 0.3) is 0 Å². The number of aromatic nitrogens is 1. The fraction of sp³-hybridized carbons (Fsp3) is 0.200. The average molecular weight is 288 g/mol. The van der Waals surface area contributed by atoms with Crippen LogP contribution in [0.5, 0.6) is 0 Å². The van der Waals surface area contributed by atoms with Gasteiger partial charge in [-0.1, -0.05) is 41.9 Å². The van der Waals surface area contributed by atoms with Crippen LogP contribution in [0.4, 0.5) is 5.82 Å². The monoisotopic (exact) mass is 287 g/mol. The summed E-state index contributed by atoms with van der Waals surface area (Å²) in [7, 11) is 0. The van der Waals surface area contributed by atoms with Crippen molar-refractivity contribution in [2.75, 3.05) is 5.73 Å². The lowest BCUT2D eigenvalue weighted by Crippen LogP contribution is -2.28. The Bertz CT molecular complexity index is 645. The number of carbonyl (C=O) groups is 1. The third-order valence-electron chi connectivity index (χ3n) is 3.42. The lowest BCUT2D eigenvalue weighted by molar-refractivity contribution is 0.0945. The average Bonchev–Trinajstić information content (AvgIpc) is 3.21. The summed E-state index contributed by atoms with van der Waals surface area (Å²) in [5.41, 5.74) is 7.01. The minimum atomic E-state index is -0.272. The Morgan fingerprint density at radius 2 is 2.00 bits per heavy atom. The molecular weight excluding hydrogens is 274 g/mol. The quantitative estimate of drug-likeness (QED) is 0.912. The molecule has 0 bridgehead atoms. The molecule has 0 saturated heterocycles. The van der Waals surface area contributed by atoms with Crippen molar-refractivity contribution in [1.29, 1.82) is 0 Å². The number of carbonyl (C=O) groups excluding carboxylic acids is 1. The van der Waals surface area contributed by atoms with Crippen molar-refractivity contribution in [3.8, 4) is 0 Å².